The molecule has 6 nitrogen and oxygen atoms in total. The summed E-state index contributed by atoms with van der Waals surface area (Å²) in [6.07, 6.45) is 0. The van der Waals surface area contributed by atoms with E-state index in [1.54, 1.807) is 6.07 Å². The molecule has 102 valence electrons. The van der Waals surface area contributed by atoms with Crippen LogP contribution in [0.2, 0.25) is 0 Å². The van der Waals surface area contributed by atoms with E-state index in [1.165, 1.54) is 0 Å². The second-order valence-electron chi connectivity index (χ2n) is 5.54. The molecule has 2 rings (SSSR count). The standard InChI is InChI=1S/C13H19N5O/c1-8-6-10(17-13(3,4)5)15-12(14-8)16-11-7-9(2)19-18-11/h6-7H,1-5H3,(H2,14,15,16,17,18). The van der Waals surface area contributed by atoms with E-state index < -0.39 is 0 Å². The minimum absolute atomic E-state index is 0.0530. The van der Waals surface area contributed by atoms with Crippen LogP contribution in [0.4, 0.5) is 17.6 Å². The summed E-state index contributed by atoms with van der Waals surface area (Å²) in [6.45, 7) is 10.0. The number of anilines is 3. The third-order valence-electron chi connectivity index (χ3n) is 2.23. The minimum Gasteiger partial charge on any atom is -0.365 e. The molecule has 2 N–H and O–H groups in total. The maximum absolute atomic E-state index is 4.99. The normalized spacial score (nSPS) is 11.4. The number of aromatic nitrogens is 3. The summed E-state index contributed by atoms with van der Waals surface area (Å²) in [5.74, 6) is 2.62. The first kappa shape index (κ1) is 13.3. The van der Waals surface area contributed by atoms with Crippen molar-refractivity contribution in [2.24, 2.45) is 0 Å². The quantitative estimate of drug-likeness (QED) is 0.884. The van der Waals surface area contributed by atoms with Crippen LogP contribution in [0.25, 0.3) is 0 Å². The predicted molar refractivity (Wildman–Crippen MR) is 74.7 cm³/mol. The maximum atomic E-state index is 4.99. The minimum atomic E-state index is -0.0530. The molecule has 2 aromatic heterocycles. The molecule has 0 fully saturated rings. The van der Waals surface area contributed by atoms with Crippen molar-refractivity contribution in [3.63, 3.8) is 0 Å². The van der Waals surface area contributed by atoms with Crippen molar-refractivity contribution in [3.8, 4) is 0 Å². The molecule has 0 radical (unpaired) electrons. The molecule has 6 heteroatoms. The van der Waals surface area contributed by atoms with Crippen molar-refractivity contribution in [1.82, 2.24) is 15.1 Å². The van der Waals surface area contributed by atoms with E-state index in [0.717, 1.165) is 17.3 Å². The number of nitrogens with zero attached hydrogens (tertiary/aromatic N) is 3. The Bertz CT molecular complexity index is 571. The van der Waals surface area contributed by atoms with Gasteiger partial charge in [0.15, 0.2) is 5.82 Å². The van der Waals surface area contributed by atoms with Gasteiger partial charge in [0, 0.05) is 23.4 Å². The third-order valence-corrected chi connectivity index (χ3v) is 2.23. The molecule has 0 saturated carbocycles. The van der Waals surface area contributed by atoms with E-state index in [-0.39, 0.29) is 5.54 Å². The molecule has 2 heterocycles. The van der Waals surface area contributed by atoms with Crippen LogP contribution in [-0.2, 0) is 0 Å². The summed E-state index contributed by atoms with van der Waals surface area (Å²) in [5.41, 5.74) is 0.826. The number of nitrogens with one attached hydrogen (secondary N) is 2. The molecule has 0 atom stereocenters. The van der Waals surface area contributed by atoms with Gasteiger partial charge in [0.25, 0.3) is 0 Å². The Morgan fingerprint density at radius 3 is 2.37 bits per heavy atom. The molecule has 0 spiro atoms. The highest BCUT2D eigenvalue weighted by Crippen LogP contribution is 2.18. The topological polar surface area (TPSA) is 75.9 Å². The molecular weight excluding hydrogens is 242 g/mol. The second kappa shape index (κ2) is 4.87. The molecule has 0 aliphatic heterocycles. The Morgan fingerprint density at radius 2 is 1.79 bits per heavy atom. The SMILES string of the molecule is Cc1cc(NC(C)(C)C)nc(Nc2cc(C)on2)n1. The van der Waals surface area contributed by atoms with Crippen LogP contribution >= 0.6 is 0 Å². The molecule has 0 bridgehead atoms. The summed E-state index contributed by atoms with van der Waals surface area (Å²) in [5, 5.41) is 10.2. The monoisotopic (exact) mass is 261 g/mol. The average Bonchev–Trinajstić information content (AvgIpc) is 2.60. The van der Waals surface area contributed by atoms with E-state index in [2.05, 4.69) is 46.5 Å². The van der Waals surface area contributed by atoms with E-state index >= 15 is 0 Å². The smallest absolute Gasteiger partial charge is 0.230 e. The highest BCUT2D eigenvalue weighted by atomic mass is 16.5. The van der Waals surface area contributed by atoms with Gasteiger partial charge in [-0.3, -0.25) is 0 Å². The maximum Gasteiger partial charge on any atom is 0.230 e. The van der Waals surface area contributed by atoms with Gasteiger partial charge in [0.05, 0.1) is 0 Å². The van der Waals surface area contributed by atoms with Crippen LogP contribution in [0.3, 0.4) is 0 Å². The lowest BCUT2D eigenvalue weighted by Crippen LogP contribution is -2.27. The van der Waals surface area contributed by atoms with E-state index in [4.69, 9.17) is 4.52 Å². The van der Waals surface area contributed by atoms with Gasteiger partial charge in [-0.2, -0.15) is 4.98 Å². The average molecular weight is 261 g/mol. The zero-order valence-electron chi connectivity index (χ0n) is 11.9. The van der Waals surface area contributed by atoms with Crippen molar-refractivity contribution >= 4 is 17.6 Å². The van der Waals surface area contributed by atoms with Crippen LogP contribution in [0.5, 0.6) is 0 Å². The number of rotatable bonds is 3. The summed E-state index contributed by atoms with van der Waals surface area (Å²) in [4.78, 5) is 8.73. The van der Waals surface area contributed by atoms with Gasteiger partial charge in [-0.05, 0) is 34.6 Å². The molecule has 19 heavy (non-hydrogen) atoms. The largest absolute Gasteiger partial charge is 0.365 e. The van der Waals surface area contributed by atoms with Crippen molar-refractivity contribution in [2.75, 3.05) is 10.6 Å². The van der Waals surface area contributed by atoms with Crippen LogP contribution in [0.15, 0.2) is 16.7 Å². The Hall–Kier alpha value is -2.11. The molecule has 2 aromatic rings. The van der Waals surface area contributed by atoms with Gasteiger partial charge in [-0.1, -0.05) is 5.16 Å². The summed E-state index contributed by atoms with van der Waals surface area (Å²) >= 11 is 0. The Morgan fingerprint density at radius 1 is 1.05 bits per heavy atom. The molecule has 0 aromatic carbocycles. The number of hydrogen-bond donors (Lipinski definition) is 2. The fourth-order valence-corrected chi connectivity index (χ4v) is 1.61. The van der Waals surface area contributed by atoms with Crippen LogP contribution in [0.1, 0.15) is 32.2 Å². The fourth-order valence-electron chi connectivity index (χ4n) is 1.61. The van der Waals surface area contributed by atoms with Gasteiger partial charge in [0.2, 0.25) is 5.95 Å². The lowest BCUT2D eigenvalue weighted by molar-refractivity contribution is 0.400. The highest BCUT2D eigenvalue weighted by molar-refractivity contribution is 5.51. The van der Waals surface area contributed by atoms with Gasteiger partial charge in [-0.15, -0.1) is 0 Å². The van der Waals surface area contributed by atoms with Crippen molar-refractivity contribution in [3.05, 3.63) is 23.6 Å². The van der Waals surface area contributed by atoms with Gasteiger partial charge >= 0.3 is 0 Å². The van der Waals surface area contributed by atoms with E-state index in [9.17, 15) is 0 Å². The first-order valence-electron chi connectivity index (χ1n) is 6.16. The lowest BCUT2D eigenvalue weighted by atomic mass is 10.1. The molecule has 0 aliphatic rings. The molecule has 0 saturated heterocycles. The molecule has 0 amide bonds. The van der Waals surface area contributed by atoms with Crippen molar-refractivity contribution in [1.29, 1.82) is 0 Å². The first-order valence-corrected chi connectivity index (χ1v) is 6.16. The Labute approximate surface area is 112 Å². The van der Waals surface area contributed by atoms with E-state index in [0.29, 0.717) is 11.8 Å². The van der Waals surface area contributed by atoms with Crippen molar-refractivity contribution < 1.29 is 4.52 Å². The molecular formula is C13H19N5O. The van der Waals surface area contributed by atoms with Gasteiger partial charge in [0.1, 0.15) is 11.6 Å². The zero-order chi connectivity index (χ0) is 14.0. The number of hydrogen-bond acceptors (Lipinski definition) is 6. The van der Waals surface area contributed by atoms with Gasteiger partial charge < -0.3 is 15.2 Å². The van der Waals surface area contributed by atoms with E-state index in [1.807, 2.05) is 19.9 Å². The summed E-state index contributed by atoms with van der Waals surface area (Å²) in [6, 6.07) is 3.70. The summed E-state index contributed by atoms with van der Waals surface area (Å²) < 4.78 is 4.99. The van der Waals surface area contributed by atoms with Gasteiger partial charge in [-0.25, -0.2) is 4.98 Å². The summed E-state index contributed by atoms with van der Waals surface area (Å²) in [7, 11) is 0. The van der Waals surface area contributed by atoms with Crippen LogP contribution in [0, 0.1) is 13.8 Å². The predicted octanol–water partition coefficient (Wildman–Crippen LogP) is 3.04. The van der Waals surface area contributed by atoms with Crippen molar-refractivity contribution in [2.45, 2.75) is 40.2 Å². The fraction of sp³-hybridized carbons (Fsp3) is 0.462. The second-order valence-corrected chi connectivity index (χ2v) is 5.54. The number of aryl methyl sites for hydroxylation is 2. The zero-order valence-corrected chi connectivity index (χ0v) is 11.9. The van der Waals surface area contributed by atoms with Crippen LogP contribution < -0.4 is 10.6 Å². The lowest BCUT2D eigenvalue weighted by Gasteiger charge is -2.21. The van der Waals surface area contributed by atoms with Crippen LogP contribution in [-0.4, -0.2) is 20.7 Å². The molecule has 0 aliphatic carbocycles. The first-order chi connectivity index (χ1) is 8.82. The third kappa shape index (κ3) is 3.94. The highest BCUT2D eigenvalue weighted by Gasteiger charge is 2.12. The Kier molecular flexibility index (Phi) is 3.42. The Balaban J connectivity index is 2.21. The molecule has 0 unspecified atom stereocenters.